The van der Waals surface area contributed by atoms with Crippen molar-refractivity contribution in [2.24, 2.45) is 29.1 Å². The first-order chi connectivity index (χ1) is 9.31. The first kappa shape index (κ1) is 20.0. The van der Waals surface area contributed by atoms with Crippen LogP contribution in [0.2, 0.25) is 0 Å². The maximum absolute atomic E-state index is 2.51. The fourth-order valence-corrected chi connectivity index (χ4v) is 3.75. The van der Waals surface area contributed by atoms with Crippen molar-refractivity contribution < 1.29 is 0 Å². The molecule has 0 amide bonds. The van der Waals surface area contributed by atoms with Gasteiger partial charge in [-0.25, -0.2) is 0 Å². The first-order valence-corrected chi connectivity index (χ1v) is 9.31. The van der Waals surface area contributed by atoms with Crippen LogP contribution < -0.4 is 0 Å². The second kappa shape index (κ2) is 9.85. The van der Waals surface area contributed by atoms with E-state index in [4.69, 9.17) is 0 Å². The molecule has 0 bridgehead atoms. The third kappa shape index (κ3) is 6.19. The minimum Gasteiger partial charge on any atom is -0.0654 e. The fraction of sp³-hybridized carbons (Fsp3) is 1.00. The van der Waals surface area contributed by atoms with E-state index in [0.29, 0.717) is 5.41 Å². The lowest BCUT2D eigenvalue weighted by Gasteiger charge is -2.43. The molecule has 122 valence electrons. The Morgan fingerprint density at radius 3 is 1.85 bits per heavy atom. The van der Waals surface area contributed by atoms with Crippen LogP contribution >= 0.6 is 0 Å². The molecule has 0 saturated heterocycles. The van der Waals surface area contributed by atoms with Crippen molar-refractivity contribution in [3.05, 3.63) is 0 Å². The zero-order valence-corrected chi connectivity index (χ0v) is 15.8. The molecule has 0 aliphatic carbocycles. The maximum atomic E-state index is 2.51. The van der Waals surface area contributed by atoms with Crippen LogP contribution in [0.5, 0.6) is 0 Å². The van der Waals surface area contributed by atoms with Crippen LogP contribution in [0.1, 0.15) is 100 Å². The Morgan fingerprint density at radius 1 is 0.850 bits per heavy atom. The van der Waals surface area contributed by atoms with Crippen molar-refractivity contribution in [3.63, 3.8) is 0 Å². The summed E-state index contributed by atoms with van der Waals surface area (Å²) < 4.78 is 0. The van der Waals surface area contributed by atoms with Crippen molar-refractivity contribution in [3.8, 4) is 0 Å². The molecule has 3 unspecified atom stereocenters. The molecule has 0 aliphatic rings. The third-order valence-corrected chi connectivity index (χ3v) is 6.00. The van der Waals surface area contributed by atoms with Gasteiger partial charge in [-0.2, -0.15) is 0 Å². The van der Waals surface area contributed by atoms with Gasteiger partial charge >= 0.3 is 0 Å². The lowest BCUT2D eigenvalue weighted by atomic mass is 9.62. The second-order valence-corrected chi connectivity index (χ2v) is 7.97. The van der Waals surface area contributed by atoms with Crippen LogP contribution in [0.15, 0.2) is 0 Å². The molecule has 0 heteroatoms. The van der Waals surface area contributed by atoms with Crippen LogP contribution in [-0.2, 0) is 0 Å². The predicted molar refractivity (Wildman–Crippen MR) is 94.1 cm³/mol. The van der Waals surface area contributed by atoms with E-state index in [0.717, 1.165) is 23.7 Å². The number of hydrogen-bond donors (Lipinski definition) is 0. The van der Waals surface area contributed by atoms with Crippen LogP contribution in [-0.4, -0.2) is 0 Å². The van der Waals surface area contributed by atoms with Gasteiger partial charge in [0, 0.05) is 0 Å². The highest BCUT2D eigenvalue weighted by molar-refractivity contribution is 4.85. The summed E-state index contributed by atoms with van der Waals surface area (Å²) in [6.45, 7) is 19.4. The topological polar surface area (TPSA) is 0 Å². The molecule has 0 aromatic heterocycles. The van der Waals surface area contributed by atoms with Crippen molar-refractivity contribution in [2.45, 2.75) is 100 Å². The summed E-state index contributed by atoms with van der Waals surface area (Å²) in [6.07, 6.45) is 9.73. The van der Waals surface area contributed by atoms with Crippen molar-refractivity contribution in [1.82, 2.24) is 0 Å². The molecule has 0 nitrogen and oxygen atoms in total. The van der Waals surface area contributed by atoms with E-state index in [1.54, 1.807) is 0 Å². The molecule has 0 spiro atoms. The van der Waals surface area contributed by atoms with E-state index in [-0.39, 0.29) is 0 Å². The van der Waals surface area contributed by atoms with Crippen molar-refractivity contribution in [2.75, 3.05) is 0 Å². The Bertz CT molecular complexity index is 226. The SMILES string of the molecule is CCCCCCC(C(CC)C(C)C(C)C)C(C)(C)CC. The Balaban J connectivity index is 4.88. The summed E-state index contributed by atoms with van der Waals surface area (Å²) in [5.74, 6) is 3.45. The third-order valence-electron chi connectivity index (χ3n) is 6.00. The minimum absolute atomic E-state index is 0.496. The van der Waals surface area contributed by atoms with E-state index < -0.39 is 0 Å². The van der Waals surface area contributed by atoms with Gasteiger partial charge < -0.3 is 0 Å². The van der Waals surface area contributed by atoms with E-state index in [1.807, 2.05) is 0 Å². The van der Waals surface area contributed by atoms with Crippen LogP contribution in [0.3, 0.4) is 0 Å². The molecule has 0 aromatic rings. The van der Waals surface area contributed by atoms with Gasteiger partial charge in [0.15, 0.2) is 0 Å². The standard InChI is InChI=1S/C20H42/c1-9-12-13-14-15-19(20(7,8)11-3)18(10-2)17(6)16(4)5/h16-19H,9-15H2,1-8H3. The summed E-state index contributed by atoms with van der Waals surface area (Å²) >= 11 is 0. The predicted octanol–water partition coefficient (Wildman–Crippen LogP) is 7.33. The molecule has 0 aliphatic heterocycles. The van der Waals surface area contributed by atoms with Gasteiger partial charge in [-0.05, 0) is 35.5 Å². The normalized spacial score (nSPS) is 17.2. The zero-order chi connectivity index (χ0) is 15.8. The van der Waals surface area contributed by atoms with Crippen molar-refractivity contribution in [1.29, 1.82) is 0 Å². The second-order valence-electron chi connectivity index (χ2n) is 7.97. The molecule has 0 aromatic carbocycles. The molecule has 0 radical (unpaired) electrons. The highest BCUT2D eigenvalue weighted by atomic mass is 14.4. The van der Waals surface area contributed by atoms with Gasteiger partial charge in [0.25, 0.3) is 0 Å². The van der Waals surface area contributed by atoms with E-state index in [1.165, 1.54) is 44.9 Å². The molecule has 0 heterocycles. The monoisotopic (exact) mass is 282 g/mol. The van der Waals surface area contributed by atoms with Gasteiger partial charge in [-0.1, -0.05) is 93.9 Å². The highest BCUT2D eigenvalue weighted by Gasteiger charge is 2.36. The Labute approximate surface area is 130 Å². The van der Waals surface area contributed by atoms with E-state index in [2.05, 4.69) is 55.4 Å². The average Bonchev–Trinajstić information content (AvgIpc) is 2.41. The number of hydrogen-bond acceptors (Lipinski definition) is 0. The summed E-state index contributed by atoms with van der Waals surface area (Å²) in [4.78, 5) is 0. The summed E-state index contributed by atoms with van der Waals surface area (Å²) in [5.41, 5.74) is 0.496. The Kier molecular flexibility index (Phi) is 9.85. The molecular formula is C20H42. The lowest BCUT2D eigenvalue weighted by molar-refractivity contribution is 0.0662. The van der Waals surface area contributed by atoms with Gasteiger partial charge in [0.2, 0.25) is 0 Å². The van der Waals surface area contributed by atoms with Crippen LogP contribution in [0.25, 0.3) is 0 Å². The fourth-order valence-electron chi connectivity index (χ4n) is 3.75. The summed E-state index contributed by atoms with van der Waals surface area (Å²) in [6, 6.07) is 0. The number of unbranched alkanes of at least 4 members (excludes halogenated alkanes) is 3. The lowest BCUT2D eigenvalue weighted by Crippen LogP contribution is -2.35. The van der Waals surface area contributed by atoms with Crippen LogP contribution in [0, 0.1) is 29.1 Å². The Hall–Kier alpha value is 0. The summed E-state index contributed by atoms with van der Waals surface area (Å²) in [5, 5.41) is 0. The first-order valence-electron chi connectivity index (χ1n) is 9.31. The average molecular weight is 283 g/mol. The van der Waals surface area contributed by atoms with Gasteiger partial charge in [0.1, 0.15) is 0 Å². The quantitative estimate of drug-likeness (QED) is 0.348. The molecule has 0 fully saturated rings. The van der Waals surface area contributed by atoms with Gasteiger partial charge in [-0.3, -0.25) is 0 Å². The molecule has 3 atom stereocenters. The van der Waals surface area contributed by atoms with Gasteiger partial charge in [-0.15, -0.1) is 0 Å². The Morgan fingerprint density at radius 2 is 1.45 bits per heavy atom. The van der Waals surface area contributed by atoms with Crippen molar-refractivity contribution >= 4 is 0 Å². The highest BCUT2D eigenvalue weighted by Crippen LogP contribution is 2.44. The smallest absolute Gasteiger partial charge is 0.0326 e. The van der Waals surface area contributed by atoms with E-state index in [9.17, 15) is 0 Å². The molecule has 0 rings (SSSR count). The van der Waals surface area contributed by atoms with Crippen LogP contribution in [0.4, 0.5) is 0 Å². The maximum Gasteiger partial charge on any atom is -0.0326 e. The molecular weight excluding hydrogens is 240 g/mol. The zero-order valence-electron chi connectivity index (χ0n) is 15.8. The molecule has 0 saturated carbocycles. The molecule has 20 heavy (non-hydrogen) atoms. The summed E-state index contributed by atoms with van der Waals surface area (Å²) in [7, 11) is 0. The number of rotatable bonds is 11. The van der Waals surface area contributed by atoms with Gasteiger partial charge in [0.05, 0.1) is 0 Å². The molecule has 0 N–H and O–H groups in total. The van der Waals surface area contributed by atoms with E-state index >= 15 is 0 Å². The minimum atomic E-state index is 0.496. The largest absolute Gasteiger partial charge is 0.0654 e.